The summed E-state index contributed by atoms with van der Waals surface area (Å²) in [7, 11) is 11.0. The Bertz CT molecular complexity index is 1110. The molecular formula is C28H34N6. The lowest BCUT2D eigenvalue weighted by Gasteiger charge is -2.54. The van der Waals surface area contributed by atoms with E-state index in [1.807, 2.05) is 12.3 Å². The van der Waals surface area contributed by atoms with E-state index < -0.39 is 0 Å². The normalized spacial score (nSPS) is 25.9. The Balaban J connectivity index is 1.51. The molecule has 4 aliphatic heterocycles. The number of fused-ring (bicyclic) bond motifs is 2. The number of allylic oxidation sites excluding steroid dienone is 2. The summed E-state index contributed by atoms with van der Waals surface area (Å²) in [5.74, 6) is 5.79. The molecule has 6 heteroatoms. The van der Waals surface area contributed by atoms with E-state index in [-0.39, 0.29) is 5.92 Å². The topological polar surface area (TPSA) is 29.1 Å². The van der Waals surface area contributed by atoms with Crippen molar-refractivity contribution in [3.63, 3.8) is 0 Å². The molecule has 0 fully saturated rings. The van der Waals surface area contributed by atoms with E-state index in [1.54, 1.807) is 0 Å². The SMILES string of the molecule is CC1C2=C(N(C)C3=C1C(C)c1ccccc1N3C)N(C)C1=C(C2C)N(C)c2cccnc2N1C. The van der Waals surface area contributed by atoms with Crippen LogP contribution in [-0.2, 0) is 0 Å². The molecule has 0 spiro atoms. The molecule has 3 unspecified atom stereocenters. The fourth-order valence-electron chi connectivity index (χ4n) is 7.05. The highest BCUT2D eigenvalue weighted by Gasteiger charge is 2.47. The van der Waals surface area contributed by atoms with Crippen molar-refractivity contribution >= 4 is 17.2 Å². The maximum Gasteiger partial charge on any atom is 0.157 e. The van der Waals surface area contributed by atoms with Crippen LogP contribution in [0.3, 0.4) is 0 Å². The fourth-order valence-corrected chi connectivity index (χ4v) is 7.05. The highest BCUT2D eigenvalue weighted by Crippen LogP contribution is 2.55. The summed E-state index contributed by atoms with van der Waals surface area (Å²) in [5.41, 5.74) is 8.22. The van der Waals surface area contributed by atoms with Crippen LogP contribution in [0, 0.1) is 11.8 Å². The van der Waals surface area contributed by atoms with Crippen LogP contribution in [0.4, 0.5) is 17.2 Å². The Hall–Kier alpha value is -3.41. The number of hydrogen-bond acceptors (Lipinski definition) is 6. The number of aromatic nitrogens is 1. The molecule has 34 heavy (non-hydrogen) atoms. The van der Waals surface area contributed by atoms with Crippen LogP contribution in [0.25, 0.3) is 0 Å². The van der Waals surface area contributed by atoms with Crippen LogP contribution < -0.4 is 14.7 Å². The minimum atomic E-state index is 0.281. The summed E-state index contributed by atoms with van der Waals surface area (Å²) in [5, 5.41) is 0. The molecule has 1 aromatic heterocycles. The van der Waals surface area contributed by atoms with Gasteiger partial charge in [0.2, 0.25) is 0 Å². The van der Waals surface area contributed by atoms with Gasteiger partial charge in [-0.15, -0.1) is 0 Å². The molecule has 4 aliphatic rings. The molecule has 0 saturated heterocycles. The Morgan fingerprint density at radius 3 is 1.97 bits per heavy atom. The first-order valence-corrected chi connectivity index (χ1v) is 12.2. The van der Waals surface area contributed by atoms with Crippen LogP contribution >= 0.6 is 0 Å². The molecule has 3 atom stereocenters. The van der Waals surface area contributed by atoms with E-state index in [0.717, 1.165) is 11.5 Å². The predicted molar refractivity (Wildman–Crippen MR) is 139 cm³/mol. The van der Waals surface area contributed by atoms with E-state index >= 15 is 0 Å². The number of pyridine rings is 1. The van der Waals surface area contributed by atoms with E-state index in [1.165, 1.54) is 45.6 Å². The highest BCUT2D eigenvalue weighted by atomic mass is 15.5. The molecule has 176 valence electrons. The molecule has 6 nitrogen and oxygen atoms in total. The molecule has 1 aromatic carbocycles. The molecule has 0 amide bonds. The lowest BCUT2D eigenvalue weighted by molar-refractivity contribution is 0.281. The van der Waals surface area contributed by atoms with E-state index in [9.17, 15) is 0 Å². The molecule has 0 saturated carbocycles. The van der Waals surface area contributed by atoms with Gasteiger partial charge >= 0.3 is 0 Å². The van der Waals surface area contributed by atoms with Crippen molar-refractivity contribution in [2.24, 2.45) is 11.8 Å². The third-order valence-corrected chi connectivity index (χ3v) is 8.50. The van der Waals surface area contributed by atoms with Gasteiger partial charge in [-0.1, -0.05) is 39.0 Å². The minimum Gasteiger partial charge on any atom is -0.342 e. The first kappa shape index (κ1) is 21.1. The van der Waals surface area contributed by atoms with Crippen LogP contribution in [0.5, 0.6) is 0 Å². The summed E-state index contributed by atoms with van der Waals surface area (Å²) >= 11 is 0. The fraction of sp³-hybridized carbons (Fsp3) is 0.393. The lowest BCUT2D eigenvalue weighted by atomic mass is 9.72. The van der Waals surface area contributed by atoms with Crippen LogP contribution in [-0.4, -0.2) is 50.0 Å². The number of para-hydroxylation sites is 1. The van der Waals surface area contributed by atoms with E-state index in [0.29, 0.717) is 11.8 Å². The van der Waals surface area contributed by atoms with Gasteiger partial charge in [-0.3, -0.25) is 0 Å². The van der Waals surface area contributed by atoms with Crippen molar-refractivity contribution in [3.05, 3.63) is 82.5 Å². The third-order valence-electron chi connectivity index (χ3n) is 8.50. The maximum absolute atomic E-state index is 4.73. The summed E-state index contributed by atoms with van der Waals surface area (Å²) in [6, 6.07) is 13.1. The zero-order chi connectivity index (χ0) is 24.0. The van der Waals surface area contributed by atoms with Gasteiger partial charge in [0.1, 0.15) is 17.5 Å². The molecule has 5 heterocycles. The molecule has 0 aliphatic carbocycles. The zero-order valence-corrected chi connectivity index (χ0v) is 21.5. The first-order chi connectivity index (χ1) is 16.3. The number of benzene rings is 1. The summed E-state index contributed by atoms with van der Waals surface area (Å²) in [6.45, 7) is 7.17. The van der Waals surface area contributed by atoms with Gasteiger partial charge < -0.3 is 24.5 Å². The number of anilines is 3. The van der Waals surface area contributed by atoms with Crippen molar-refractivity contribution in [1.29, 1.82) is 0 Å². The van der Waals surface area contributed by atoms with Gasteiger partial charge in [-0.05, 0) is 34.9 Å². The second-order valence-electron chi connectivity index (χ2n) is 10.1. The zero-order valence-electron chi connectivity index (χ0n) is 21.5. The molecular weight excluding hydrogens is 420 g/mol. The predicted octanol–water partition coefficient (Wildman–Crippen LogP) is 4.98. The van der Waals surface area contributed by atoms with Crippen LogP contribution in [0.15, 0.2) is 76.9 Å². The third kappa shape index (κ3) is 2.43. The van der Waals surface area contributed by atoms with Gasteiger partial charge in [-0.2, -0.15) is 0 Å². The van der Waals surface area contributed by atoms with E-state index in [2.05, 4.69) is 111 Å². The lowest BCUT2D eigenvalue weighted by Crippen LogP contribution is -2.52. The van der Waals surface area contributed by atoms with Gasteiger partial charge in [0.05, 0.1) is 11.4 Å². The molecule has 0 N–H and O–H groups in total. The monoisotopic (exact) mass is 454 g/mol. The van der Waals surface area contributed by atoms with Crippen molar-refractivity contribution in [2.75, 3.05) is 49.9 Å². The smallest absolute Gasteiger partial charge is 0.157 e. The Kier molecular flexibility index (Phi) is 4.38. The summed E-state index contributed by atoms with van der Waals surface area (Å²) in [4.78, 5) is 16.5. The maximum atomic E-state index is 4.73. The first-order valence-electron chi connectivity index (χ1n) is 12.2. The standard InChI is InChI=1S/C28H34N6/c1-16-19-12-9-10-13-20(19)31(5)26-22(16)17(2)23-18(3)24-28(34(8)27(23)33(26)7)32(6)25-21(30(24)4)14-11-15-29-25/h9-18H,1-8H3. The summed E-state index contributed by atoms with van der Waals surface area (Å²) in [6.07, 6.45) is 1.88. The second kappa shape index (κ2) is 7.05. The minimum absolute atomic E-state index is 0.281. The highest BCUT2D eigenvalue weighted by molar-refractivity contribution is 5.77. The number of nitrogens with zero attached hydrogens (tertiary/aromatic N) is 6. The van der Waals surface area contributed by atoms with Gasteiger partial charge in [0.25, 0.3) is 0 Å². The van der Waals surface area contributed by atoms with Gasteiger partial charge in [0.15, 0.2) is 5.82 Å². The quantitative estimate of drug-likeness (QED) is 0.558. The second-order valence-corrected chi connectivity index (χ2v) is 10.1. The molecule has 0 bridgehead atoms. The van der Waals surface area contributed by atoms with Crippen LogP contribution in [0.1, 0.15) is 32.3 Å². The Morgan fingerprint density at radius 2 is 1.21 bits per heavy atom. The van der Waals surface area contributed by atoms with Gasteiger partial charge in [0, 0.05) is 64.9 Å². The number of hydrogen-bond donors (Lipinski definition) is 0. The molecule has 2 aromatic rings. The average Bonchev–Trinajstić information content (AvgIpc) is 2.84. The van der Waals surface area contributed by atoms with E-state index in [4.69, 9.17) is 4.98 Å². The Morgan fingerprint density at radius 1 is 0.588 bits per heavy atom. The van der Waals surface area contributed by atoms with Crippen molar-refractivity contribution in [3.8, 4) is 0 Å². The Labute approximate surface area is 203 Å². The molecule has 6 rings (SSSR count). The summed E-state index contributed by atoms with van der Waals surface area (Å²) < 4.78 is 0. The van der Waals surface area contributed by atoms with Gasteiger partial charge in [-0.25, -0.2) is 4.98 Å². The average molecular weight is 455 g/mol. The van der Waals surface area contributed by atoms with Crippen molar-refractivity contribution in [1.82, 2.24) is 14.8 Å². The van der Waals surface area contributed by atoms with Crippen molar-refractivity contribution in [2.45, 2.75) is 26.7 Å². The van der Waals surface area contributed by atoms with Crippen molar-refractivity contribution < 1.29 is 0 Å². The largest absolute Gasteiger partial charge is 0.342 e. The van der Waals surface area contributed by atoms with Crippen LogP contribution in [0.2, 0.25) is 0 Å². The molecule has 0 radical (unpaired) electrons. The number of rotatable bonds is 0.